The molecule has 0 radical (unpaired) electrons. The van der Waals surface area contributed by atoms with Crippen LogP contribution in [-0.2, 0) is 21.4 Å². The molecular weight excluding hydrogens is 410 g/mol. The molecule has 3 rings (SSSR count). The van der Waals surface area contributed by atoms with Crippen LogP contribution in [0.4, 0.5) is 11.4 Å². The Hall–Kier alpha value is -3.44. The number of nitrogens with zero attached hydrogens (tertiary/aromatic N) is 3. The molecule has 0 saturated carbocycles. The molecule has 3 aromatic rings. The lowest BCUT2D eigenvalue weighted by molar-refractivity contribution is -0.107. The zero-order chi connectivity index (χ0) is 21.9. The molecule has 0 fully saturated rings. The fourth-order valence-corrected chi connectivity index (χ4v) is 3.47. The summed E-state index contributed by atoms with van der Waals surface area (Å²) in [6.07, 6.45) is 3.43. The Morgan fingerprint density at radius 1 is 1.13 bits per heavy atom. The van der Waals surface area contributed by atoms with E-state index in [0.29, 0.717) is 45.9 Å². The molecule has 0 aliphatic carbocycles. The van der Waals surface area contributed by atoms with Crippen molar-refractivity contribution < 1.29 is 22.7 Å². The molecule has 0 aliphatic rings. The van der Waals surface area contributed by atoms with Gasteiger partial charge in [0.1, 0.15) is 4.90 Å². The van der Waals surface area contributed by atoms with Crippen molar-refractivity contribution in [2.24, 2.45) is 5.14 Å². The van der Waals surface area contributed by atoms with Gasteiger partial charge >= 0.3 is 0 Å². The number of nitrogens with two attached hydrogens (primary N) is 1. The minimum atomic E-state index is -3.85. The highest BCUT2D eigenvalue weighted by atomic mass is 32.2. The standard InChI is InChI=1S/C19H21N5O5S/c1-21-16-9-23-15-7-18(29-3)17(28-2)6-14(15)19(16)24(11-25)10-12-4-5-13(8-22-12)30(20,26)27/h4-9,11,21H,10H2,1-3H3,(H2,20,26,27). The quantitative estimate of drug-likeness (QED) is 0.512. The summed E-state index contributed by atoms with van der Waals surface area (Å²) in [5, 5.41) is 8.80. The lowest BCUT2D eigenvalue weighted by Gasteiger charge is -2.23. The molecule has 2 heterocycles. The van der Waals surface area contributed by atoms with Crippen molar-refractivity contribution in [2.45, 2.75) is 11.4 Å². The molecule has 2 aromatic heterocycles. The normalized spacial score (nSPS) is 11.2. The highest BCUT2D eigenvalue weighted by molar-refractivity contribution is 7.89. The van der Waals surface area contributed by atoms with Gasteiger partial charge in [-0.1, -0.05) is 0 Å². The number of rotatable bonds is 8. The summed E-state index contributed by atoms with van der Waals surface area (Å²) in [4.78, 5) is 21.9. The van der Waals surface area contributed by atoms with E-state index in [2.05, 4.69) is 15.3 Å². The predicted molar refractivity (Wildman–Crippen MR) is 112 cm³/mol. The number of fused-ring (bicyclic) bond motifs is 1. The minimum absolute atomic E-state index is 0.0938. The van der Waals surface area contributed by atoms with E-state index in [0.717, 1.165) is 6.20 Å². The van der Waals surface area contributed by atoms with E-state index in [9.17, 15) is 13.2 Å². The van der Waals surface area contributed by atoms with E-state index in [1.54, 1.807) is 25.4 Å². The third-order valence-corrected chi connectivity index (χ3v) is 5.39. The monoisotopic (exact) mass is 431 g/mol. The minimum Gasteiger partial charge on any atom is -0.493 e. The number of amides is 1. The number of pyridine rings is 2. The van der Waals surface area contributed by atoms with Crippen LogP contribution in [0.1, 0.15) is 5.69 Å². The number of aromatic nitrogens is 2. The second-order valence-corrected chi connectivity index (χ2v) is 7.82. The maximum Gasteiger partial charge on any atom is 0.239 e. The van der Waals surface area contributed by atoms with Crippen LogP contribution < -0.4 is 24.8 Å². The average Bonchev–Trinajstić information content (AvgIpc) is 2.75. The van der Waals surface area contributed by atoms with Crippen molar-refractivity contribution in [1.29, 1.82) is 0 Å². The van der Waals surface area contributed by atoms with Crippen molar-refractivity contribution in [3.63, 3.8) is 0 Å². The molecule has 0 unspecified atom stereocenters. The number of ether oxygens (including phenoxy) is 2. The Morgan fingerprint density at radius 2 is 1.83 bits per heavy atom. The summed E-state index contributed by atoms with van der Waals surface area (Å²) in [5.41, 5.74) is 2.26. The molecule has 0 bridgehead atoms. The molecule has 0 aliphatic heterocycles. The second-order valence-electron chi connectivity index (χ2n) is 6.26. The first kappa shape index (κ1) is 21.3. The van der Waals surface area contributed by atoms with Crippen LogP contribution in [-0.4, -0.2) is 46.1 Å². The zero-order valence-corrected chi connectivity index (χ0v) is 17.4. The molecule has 0 saturated heterocycles. The predicted octanol–water partition coefficient (Wildman–Crippen LogP) is 1.50. The summed E-state index contributed by atoms with van der Waals surface area (Å²) >= 11 is 0. The number of sulfonamides is 1. The maximum absolute atomic E-state index is 12.0. The molecule has 30 heavy (non-hydrogen) atoms. The number of primary sulfonamides is 1. The van der Waals surface area contributed by atoms with Crippen LogP contribution in [0.3, 0.4) is 0 Å². The third-order valence-electron chi connectivity index (χ3n) is 4.49. The van der Waals surface area contributed by atoms with Gasteiger partial charge in [0.25, 0.3) is 0 Å². The number of benzene rings is 1. The van der Waals surface area contributed by atoms with Crippen molar-refractivity contribution in [3.8, 4) is 11.5 Å². The Morgan fingerprint density at radius 3 is 2.37 bits per heavy atom. The second kappa shape index (κ2) is 8.51. The van der Waals surface area contributed by atoms with Crippen LogP contribution >= 0.6 is 0 Å². The van der Waals surface area contributed by atoms with Crippen LogP contribution in [0.5, 0.6) is 11.5 Å². The summed E-state index contributed by atoms with van der Waals surface area (Å²) < 4.78 is 33.6. The smallest absolute Gasteiger partial charge is 0.239 e. The third kappa shape index (κ3) is 4.11. The number of carbonyl (C=O) groups is 1. The van der Waals surface area contributed by atoms with Gasteiger partial charge in [-0.05, 0) is 18.2 Å². The Bertz CT molecular complexity index is 1180. The fourth-order valence-electron chi connectivity index (χ4n) is 3.01. The zero-order valence-electron chi connectivity index (χ0n) is 16.6. The number of hydrogen-bond acceptors (Lipinski definition) is 8. The van der Waals surface area contributed by atoms with Gasteiger partial charge in [0, 0.05) is 24.7 Å². The van der Waals surface area contributed by atoms with Crippen LogP contribution in [0.25, 0.3) is 10.9 Å². The Labute approximate surface area is 173 Å². The first-order valence-corrected chi connectivity index (χ1v) is 10.3. The number of anilines is 2. The Balaban J connectivity index is 2.10. The first-order chi connectivity index (χ1) is 14.3. The van der Waals surface area contributed by atoms with Gasteiger partial charge in [0.2, 0.25) is 16.4 Å². The van der Waals surface area contributed by atoms with Gasteiger partial charge in [0.15, 0.2) is 11.5 Å². The van der Waals surface area contributed by atoms with Crippen molar-refractivity contribution >= 4 is 38.7 Å². The maximum atomic E-state index is 12.0. The highest BCUT2D eigenvalue weighted by Crippen LogP contribution is 2.39. The van der Waals surface area contributed by atoms with E-state index >= 15 is 0 Å². The molecule has 11 heteroatoms. The van der Waals surface area contributed by atoms with Gasteiger partial charge in [-0.25, -0.2) is 13.6 Å². The van der Waals surface area contributed by atoms with Crippen LogP contribution in [0.15, 0.2) is 41.6 Å². The highest BCUT2D eigenvalue weighted by Gasteiger charge is 2.19. The van der Waals surface area contributed by atoms with Gasteiger partial charge in [-0.3, -0.25) is 14.8 Å². The van der Waals surface area contributed by atoms with Crippen LogP contribution in [0.2, 0.25) is 0 Å². The molecule has 0 atom stereocenters. The number of carbonyl (C=O) groups excluding carboxylic acids is 1. The topological polar surface area (TPSA) is 137 Å². The summed E-state index contributed by atoms with van der Waals surface area (Å²) in [5.74, 6) is 1.00. The first-order valence-electron chi connectivity index (χ1n) is 8.74. The lowest BCUT2D eigenvalue weighted by Crippen LogP contribution is -2.23. The van der Waals surface area contributed by atoms with Crippen molar-refractivity contribution in [3.05, 3.63) is 42.4 Å². The molecule has 3 N–H and O–H groups in total. The van der Waals surface area contributed by atoms with E-state index in [4.69, 9.17) is 14.6 Å². The van der Waals surface area contributed by atoms with E-state index in [-0.39, 0.29) is 11.4 Å². The molecular formula is C19H21N5O5S. The van der Waals surface area contributed by atoms with Gasteiger partial charge in [0.05, 0.1) is 49.5 Å². The summed E-state index contributed by atoms with van der Waals surface area (Å²) in [7, 11) is 0.918. The SMILES string of the molecule is CNc1cnc2cc(OC)c(OC)cc2c1N(C=O)Cc1ccc(S(N)(=O)=O)cn1. The average molecular weight is 431 g/mol. The molecule has 158 valence electrons. The van der Waals surface area contributed by atoms with E-state index < -0.39 is 10.0 Å². The van der Waals surface area contributed by atoms with Gasteiger partial charge in [-0.15, -0.1) is 0 Å². The van der Waals surface area contributed by atoms with E-state index in [1.165, 1.54) is 31.3 Å². The molecule has 1 amide bonds. The lowest BCUT2D eigenvalue weighted by atomic mass is 10.1. The van der Waals surface area contributed by atoms with Crippen molar-refractivity contribution in [1.82, 2.24) is 9.97 Å². The van der Waals surface area contributed by atoms with Gasteiger partial charge in [-0.2, -0.15) is 0 Å². The largest absolute Gasteiger partial charge is 0.493 e. The summed E-state index contributed by atoms with van der Waals surface area (Å²) in [6.45, 7) is 0.0938. The Kier molecular flexibility index (Phi) is 6.04. The van der Waals surface area contributed by atoms with Crippen LogP contribution in [0, 0.1) is 0 Å². The fraction of sp³-hybridized carbons (Fsp3) is 0.211. The van der Waals surface area contributed by atoms with E-state index in [1.807, 2.05) is 0 Å². The number of nitrogens with one attached hydrogen (secondary N) is 1. The molecule has 1 aromatic carbocycles. The summed E-state index contributed by atoms with van der Waals surface area (Å²) in [6, 6.07) is 6.31. The van der Waals surface area contributed by atoms with Gasteiger partial charge < -0.3 is 19.7 Å². The van der Waals surface area contributed by atoms with Crippen molar-refractivity contribution in [2.75, 3.05) is 31.5 Å². The number of hydrogen-bond donors (Lipinski definition) is 2. The number of methoxy groups -OCH3 is 2. The molecule has 10 nitrogen and oxygen atoms in total. The molecule has 0 spiro atoms.